The normalized spacial score (nSPS) is 23.7. The van der Waals surface area contributed by atoms with Gasteiger partial charge in [-0.05, 0) is 36.1 Å². The van der Waals surface area contributed by atoms with E-state index in [0.717, 1.165) is 29.7 Å². The maximum absolute atomic E-state index is 4.39. The SMILES string of the molecule is Cc1csc2c(NCC3CCCC3C)ncnc12. The maximum atomic E-state index is 4.39. The topological polar surface area (TPSA) is 37.8 Å². The van der Waals surface area contributed by atoms with Crippen molar-refractivity contribution in [3.63, 3.8) is 0 Å². The Labute approximate surface area is 112 Å². The smallest absolute Gasteiger partial charge is 0.147 e. The Morgan fingerprint density at radius 3 is 3.06 bits per heavy atom. The molecule has 0 saturated heterocycles. The number of rotatable bonds is 3. The van der Waals surface area contributed by atoms with Gasteiger partial charge in [0.1, 0.15) is 12.1 Å². The molecule has 0 radical (unpaired) electrons. The number of hydrogen-bond acceptors (Lipinski definition) is 4. The average molecular weight is 261 g/mol. The lowest BCUT2D eigenvalue weighted by Gasteiger charge is -2.16. The van der Waals surface area contributed by atoms with Crippen molar-refractivity contribution >= 4 is 27.4 Å². The van der Waals surface area contributed by atoms with Gasteiger partial charge in [-0.15, -0.1) is 11.3 Å². The van der Waals surface area contributed by atoms with Gasteiger partial charge in [0, 0.05) is 6.54 Å². The second kappa shape index (κ2) is 4.84. The molecular weight excluding hydrogens is 242 g/mol. The number of fused-ring (bicyclic) bond motifs is 1. The third-order valence-corrected chi connectivity index (χ3v) is 5.20. The van der Waals surface area contributed by atoms with Crippen LogP contribution in [0.4, 0.5) is 5.82 Å². The van der Waals surface area contributed by atoms with Gasteiger partial charge in [0.05, 0.1) is 10.2 Å². The van der Waals surface area contributed by atoms with E-state index >= 15 is 0 Å². The minimum atomic E-state index is 0.802. The summed E-state index contributed by atoms with van der Waals surface area (Å²) in [7, 11) is 0. The molecule has 96 valence electrons. The fraction of sp³-hybridized carbons (Fsp3) is 0.571. The van der Waals surface area contributed by atoms with E-state index in [1.807, 2.05) is 0 Å². The van der Waals surface area contributed by atoms with Crippen molar-refractivity contribution < 1.29 is 0 Å². The van der Waals surface area contributed by atoms with E-state index in [2.05, 4.69) is 34.5 Å². The number of nitrogens with zero attached hydrogens (tertiary/aromatic N) is 2. The van der Waals surface area contributed by atoms with Gasteiger partial charge in [-0.2, -0.15) is 0 Å². The van der Waals surface area contributed by atoms with Gasteiger partial charge in [0.15, 0.2) is 0 Å². The first-order valence-corrected chi connectivity index (χ1v) is 7.56. The van der Waals surface area contributed by atoms with Crippen LogP contribution in [0.5, 0.6) is 0 Å². The second-order valence-electron chi connectivity index (χ2n) is 5.37. The van der Waals surface area contributed by atoms with Gasteiger partial charge < -0.3 is 5.32 Å². The lowest BCUT2D eigenvalue weighted by Crippen LogP contribution is -2.17. The quantitative estimate of drug-likeness (QED) is 0.912. The summed E-state index contributed by atoms with van der Waals surface area (Å²) in [6.07, 6.45) is 5.78. The van der Waals surface area contributed by atoms with Crippen molar-refractivity contribution in [2.75, 3.05) is 11.9 Å². The van der Waals surface area contributed by atoms with Gasteiger partial charge in [-0.1, -0.05) is 19.8 Å². The molecule has 0 bridgehead atoms. The third-order valence-electron chi connectivity index (χ3n) is 4.10. The first-order valence-electron chi connectivity index (χ1n) is 6.68. The molecule has 4 heteroatoms. The Hall–Kier alpha value is -1.16. The van der Waals surface area contributed by atoms with E-state index in [4.69, 9.17) is 0 Å². The largest absolute Gasteiger partial charge is 0.368 e. The van der Waals surface area contributed by atoms with Crippen LogP contribution in [0.3, 0.4) is 0 Å². The summed E-state index contributed by atoms with van der Waals surface area (Å²) < 4.78 is 1.20. The van der Waals surface area contributed by atoms with E-state index in [1.54, 1.807) is 17.7 Å². The molecule has 1 fully saturated rings. The molecule has 1 N–H and O–H groups in total. The van der Waals surface area contributed by atoms with Crippen LogP contribution in [-0.2, 0) is 0 Å². The van der Waals surface area contributed by atoms with Crippen molar-refractivity contribution in [3.8, 4) is 0 Å². The number of aromatic nitrogens is 2. The molecule has 1 aliphatic rings. The van der Waals surface area contributed by atoms with Crippen LogP contribution in [0.25, 0.3) is 10.2 Å². The highest BCUT2D eigenvalue weighted by atomic mass is 32.1. The van der Waals surface area contributed by atoms with Crippen molar-refractivity contribution in [2.45, 2.75) is 33.1 Å². The summed E-state index contributed by atoms with van der Waals surface area (Å²) in [6, 6.07) is 0. The zero-order chi connectivity index (χ0) is 12.5. The van der Waals surface area contributed by atoms with Crippen molar-refractivity contribution in [1.29, 1.82) is 0 Å². The first-order chi connectivity index (χ1) is 8.75. The number of hydrogen-bond donors (Lipinski definition) is 1. The van der Waals surface area contributed by atoms with Crippen LogP contribution in [0, 0.1) is 18.8 Å². The Bertz CT molecular complexity index is 549. The van der Waals surface area contributed by atoms with Crippen LogP contribution in [0.2, 0.25) is 0 Å². The second-order valence-corrected chi connectivity index (χ2v) is 6.25. The third kappa shape index (κ3) is 2.09. The van der Waals surface area contributed by atoms with Crippen LogP contribution >= 0.6 is 11.3 Å². The number of nitrogens with one attached hydrogen (secondary N) is 1. The molecule has 3 nitrogen and oxygen atoms in total. The summed E-state index contributed by atoms with van der Waals surface area (Å²) in [4.78, 5) is 8.75. The fourth-order valence-electron chi connectivity index (χ4n) is 2.85. The highest BCUT2D eigenvalue weighted by molar-refractivity contribution is 7.18. The summed E-state index contributed by atoms with van der Waals surface area (Å²) in [5.41, 5.74) is 2.34. The van der Waals surface area contributed by atoms with Gasteiger partial charge in [0.2, 0.25) is 0 Å². The summed E-state index contributed by atoms with van der Waals surface area (Å²) in [6.45, 7) is 5.52. The fourth-order valence-corrected chi connectivity index (χ4v) is 3.82. The standard InChI is InChI=1S/C14H19N3S/c1-9-4-3-5-11(9)6-15-14-13-12(16-8-17-14)10(2)7-18-13/h7-9,11H,3-6H2,1-2H3,(H,15,16,17). The maximum Gasteiger partial charge on any atom is 0.147 e. The number of aryl methyl sites for hydroxylation is 1. The Morgan fingerprint density at radius 1 is 1.39 bits per heavy atom. The van der Waals surface area contributed by atoms with Crippen LogP contribution in [0.1, 0.15) is 31.7 Å². The number of thiophene rings is 1. The van der Waals surface area contributed by atoms with Gasteiger partial charge in [-0.3, -0.25) is 0 Å². The lowest BCUT2D eigenvalue weighted by molar-refractivity contribution is 0.439. The Balaban J connectivity index is 1.78. The predicted octanol–water partition coefficient (Wildman–Crippen LogP) is 3.85. The summed E-state index contributed by atoms with van der Waals surface area (Å²) in [5, 5.41) is 5.69. The molecular formula is C14H19N3S. The van der Waals surface area contributed by atoms with E-state index in [0.29, 0.717) is 0 Å². The molecule has 0 amide bonds. The lowest BCUT2D eigenvalue weighted by atomic mass is 9.98. The van der Waals surface area contributed by atoms with E-state index in [9.17, 15) is 0 Å². The monoisotopic (exact) mass is 261 g/mol. The van der Waals surface area contributed by atoms with Crippen LogP contribution in [-0.4, -0.2) is 16.5 Å². The molecule has 2 aromatic heterocycles. The highest BCUT2D eigenvalue weighted by Gasteiger charge is 2.23. The van der Waals surface area contributed by atoms with Crippen molar-refractivity contribution in [3.05, 3.63) is 17.3 Å². The molecule has 1 aliphatic carbocycles. The van der Waals surface area contributed by atoms with Gasteiger partial charge >= 0.3 is 0 Å². The van der Waals surface area contributed by atoms with Crippen molar-refractivity contribution in [1.82, 2.24) is 9.97 Å². The van der Waals surface area contributed by atoms with E-state index in [-0.39, 0.29) is 0 Å². The minimum Gasteiger partial charge on any atom is -0.368 e. The molecule has 2 aromatic rings. The molecule has 0 aromatic carbocycles. The highest BCUT2D eigenvalue weighted by Crippen LogP contribution is 2.33. The Kier molecular flexibility index (Phi) is 3.20. The first kappa shape index (κ1) is 11.9. The van der Waals surface area contributed by atoms with Crippen molar-refractivity contribution in [2.24, 2.45) is 11.8 Å². The molecule has 2 atom stereocenters. The molecule has 2 unspecified atom stereocenters. The molecule has 0 spiro atoms. The predicted molar refractivity (Wildman–Crippen MR) is 77.1 cm³/mol. The molecule has 3 rings (SSSR count). The van der Waals surface area contributed by atoms with Crippen LogP contribution < -0.4 is 5.32 Å². The number of anilines is 1. The summed E-state index contributed by atoms with van der Waals surface area (Å²) in [5.74, 6) is 2.66. The zero-order valence-corrected chi connectivity index (χ0v) is 11.8. The van der Waals surface area contributed by atoms with Gasteiger partial charge in [0.25, 0.3) is 0 Å². The van der Waals surface area contributed by atoms with Gasteiger partial charge in [-0.25, -0.2) is 9.97 Å². The Morgan fingerprint density at radius 2 is 2.28 bits per heavy atom. The average Bonchev–Trinajstić information content (AvgIpc) is 2.95. The molecule has 18 heavy (non-hydrogen) atoms. The van der Waals surface area contributed by atoms with E-state index < -0.39 is 0 Å². The molecule has 1 saturated carbocycles. The zero-order valence-electron chi connectivity index (χ0n) is 10.9. The summed E-state index contributed by atoms with van der Waals surface area (Å²) >= 11 is 1.74. The minimum absolute atomic E-state index is 0.802. The molecule has 2 heterocycles. The van der Waals surface area contributed by atoms with E-state index in [1.165, 1.54) is 29.5 Å². The van der Waals surface area contributed by atoms with Crippen LogP contribution in [0.15, 0.2) is 11.7 Å². The molecule has 0 aliphatic heterocycles.